The summed E-state index contributed by atoms with van der Waals surface area (Å²) in [6, 6.07) is 0. The van der Waals surface area contributed by atoms with Gasteiger partial charge in [-0.25, -0.2) is 13.6 Å². The van der Waals surface area contributed by atoms with Gasteiger partial charge in [-0.3, -0.25) is 4.79 Å². The van der Waals surface area contributed by atoms with Gasteiger partial charge in [0.2, 0.25) is 10.0 Å². The van der Waals surface area contributed by atoms with E-state index >= 15 is 0 Å². The molecule has 0 radical (unpaired) electrons. The molecule has 0 heterocycles. The number of carbonyl (C=O) groups is 1. The summed E-state index contributed by atoms with van der Waals surface area (Å²) < 4.78 is 20.0. The van der Waals surface area contributed by atoms with E-state index in [-0.39, 0.29) is 12.2 Å². The lowest BCUT2D eigenvalue weighted by Crippen LogP contribution is -2.15. The first-order valence-electron chi connectivity index (χ1n) is 2.56. The fraction of sp³-hybridized carbons (Fsp3) is 0.750. The van der Waals surface area contributed by atoms with Crippen molar-refractivity contribution in [1.82, 2.24) is 0 Å². The second-order valence-corrected chi connectivity index (χ2v) is 3.21. The van der Waals surface area contributed by atoms with Gasteiger partial charge >= 0.3 is 0 Å². The molecule has 0 atom stereocenters. The molecule has 0 aliphatic carbocycles. The van der Waals surface area contributed by atoms with Gasteiger partial charge in [0, 0.05) is 0 Å². The van der Waals surface area contributed by atoms with Crippen LogP contribution in [0.5, 0.6) is 0 Å². The molecule has 0 aliphatic heterocycles. The fourth-order valence-electron chi connectivity index (χ4n) is 0.285. The maximum absolute atomic E-state index is 10.0. The van der Waals surface area contributed by atoms with E-state index in [0.29, 0.717) is 6.42 Å². The molecule has 0 aromatic carbocycles. The van der Waals surface area contributed by atoms with Crippen LogP contribution in [0.15, 0.2) is 0 Å². The van der Waals surface area contributed by atoms with Crippen molar-refractivity contribution in [3.8, 4) is 0 Å². The monoisotopic (exact) mass is 169 g/mol. The summed E-state index contributed by atoms with van der Waals surface area (Å²) in [6.07, 6.45) is 0.596. The molecule has 0 aromatic rings. The van der Waals surface area contributed by atoms with Crippen LogP contribution < -0.4 is 5.14 Å². The van der Waals surface area contributed by atoms with E-state index in [2.05, 4.69) is 5.14 Å². The predicted octanol–water partition coefficient (Wildman–Crippen LogP) is -0.614. The maximum Gasteiger partial charge on any atom is 0.290 e. The first kappa shape index (κ1) is 12.1. The fourth-order valence-corrected chi connectivity index (χ4v) is 0.854. The number of nitrogens with two attached hydrogens (primary N) is 1. The van der Waals surface area contributed by atoms with Gasteiger partial charge in [-0.2, -0.15) is 0 Å². The molecule has 0 spiro atoms. The van der Waals surface area contributed by atoms with Crippen molar-refractivity contribution in [2.24, 2.45) is 5.14 Å². The quantitative estimate of drug-likeness (QED) is 0.538. The van der Waals surface area contributed by atoms with Crippen molar-refractivity contribution in [3.05, 3.63) is 0 Å². The molecule has 5 nitrogen and oxygen atoms in total. The van der Waals surface area contributed by atoms with Gasteiger partial charge in [-0.15, -0.1) is 0 Å². The molecule has 0 bridgehead atoms. The smallest absolute Gasteiger partial charge is 0.290 e. The molecule has 62 valence electrons. The molecule has 0 saturated carbocycles. The average molecular weight is 169 g/mol. The topological polar surface area (TPSA) is 97.5 Å². The van der Waals surface area contributed by atoms with Crippen LogP contribution in [0.4, 0.5) is 0 Å². The van der Waals surface area contributed by atoms with E-state index in [0.717, 1.165) is 0 Å². The highest BCUT2D eigenvalue weighted by molar-refractivity contribution is 7.89. The molecule has 3 N–H and O–H groups in total. The lowest BCUT2D eigenvalue weighted by Gasteiger charge is -1.87. The van der Waals surface area contributed by atoms with E-state index in [4.69, 9.17) is 9.90 Å². The minimum absolute atomic E-state index is 0.0903. The summed E-state index contributed by atoms with van der Waals surface area (Å²) in [7, 11) is -3.17. The number of primary sulfonamides is 1. The number of carboxylic acid groups (broad SMARTS) is 1. The number of rotatable bonds is 2. The van der Waals surface area contributed by atoms with E-state index in [1.807, 2.05) is 0 Å². The first-order valence-corrected chi connectivity index (χ1v) is 4.27. The number of hydrogen-bond donors (Lipinski definition) is 2. The van der Waals surface area contributed by atoms with Crippen molar-refractivity contribution >= 4 is 16.5 Å². The summed E-state index contributed by atoms with van der Waals surface area (Å²) in [5, 5.41) is 11.5. The third-order valence-electron chi connectivity index (χ3n) is 0.489. The highest BCUT2D eigenvalue weighted by Gasteiger charge is 1.95. The second-order valence-electron chi connectivity index (χ2n) is 1.47. The van der Waals surface area contributed by atoms with E-state index in [1.54, 1.807) is 6.92 Å². The summed E-state index contributed by atoms with van der Waals surface area (Å²) in [5.41, 5.74) is 0. The summed E-state index contributed by atoms with van der Waals surface area (Å²) in [6.45, 7) is 1.52. The Morgan fingerprint density at radius 3 is 1.90 bits per heavy atom. The molecule has 0 aliphatic rings. The van der Waals surface area contributed by atoms with Crippen LogP contribution >= 0.6 is 0 Å². The molecule has 0 unspecified atom stereocenters. The maximum atomic E-state index is 10.0. The Labute approximate surface area is 59.9 Å². The molecular formula is C4H11NO4S. The first-order chi connectivity index (χ1) is 4.47. The molecule has 0 amide bonds. The lowest BCUT2D eigenvalue weighted by atomic mass is 10.6. The zero-order chi connectivity index (χ0) is 8.62. The molecule has 0 aromatic heterocycles. The molecule has 10 heavy (non-hydrogen) atoms. The van der Waals surface area contributed by atoms with Crippen LogP contribution in [0.2, 0.25) is 0 Å². The Hall–Kier alpha value is -0.620. The number of sulfonamides is 1. The van der Waals surface area contributed by atoms with Gasteiger partial charge in [0.1, 0.15) is 0 Å². The summed E-state index contributed by atoms with van der Waals surface area (Å²) in [5.74, 6) is 0.0903. The van der Waals surface area contributed by atoms with Crippen LogP contribution in [-0.2, 0) is 14.8 Å². The highest BCUT2D eigenvalue weighted by atomic mass is 32.2. The highest BCUT2D eigenvalue weighted by Crippen LogP contribution is 1.79. The van der Waals surface area contributed by atoms with Gasteiger partial charge < -0.3 is 5.11 Å². The van der Waals surface area contributed by atoms with Gasteiger partial charge in [-0.1, -0.05) is 6.92 Å². The van der Waals surface area contributed by atoms with Crippen molar-refractivity contribution in [3.63, 3.8) is 0 Å². The van der Waals surface area contributed by atoms with Gasteiger partial charge in [0.05, 0.1) is 5.75 Å². The lowest BCUT2D eigenvalue weighted by molar-refractivity contribution is -0.122. The Kier molecular flexibility index (Phi) is 7.86. The van der Waals surface area contributed by atoms with Gasteiger partial charge in [-0.05, 0) is 6.42 Å². The van der Waals surface area contributed by atoms with E-state index in [1.165, 1.54) is 0 Å². The summed E-state index contributed by atoms with van der Waals surface area (Å²) in [4.78, 5) is 8.36. The zero-order valence-corrected chi connectivity index (χ0v) is 6.47. The SMILES string of the molecule is CCCS(N)(=O)=O.O=CO. The minimum atomic E-state index is -3.17. The molecular weight excluding hydrogens is 158 g/mol. The second kappa shape index (κ2) is 6.50. The van der Waals surface area contributed by atoms with Crippen molar-refractivity contribution in [1.29, 1.82) is 0 Å². The standard InChI is InChI=1S/C3H9NO2S.CH2O2/c1-2-3-7(4,5)6;2-1-3/h2-3H2,1H3,(H2,4,5,6);1H,(H,2,3). The molecule has 6 heteroatoms. The van der Waals surface area contributed by atoms with Crippen molar-refractivity contribution < 1.29 is 18.3 Å². The molecule has 0 saturated heterocycles. The number of hydrogen-bond acceptors (Lipinski definition) is 3. The third-order valence-corrected chi connectivity index (χ3v) is 1.47. The van der Waals surface area contributed by atoms with Crippen molar-refractivity contribution in [2.45, 2.75) is 13.3 Å². The molecule has 0 fully saturated rings. The van der Waals surface area contributed by atoms with Crippen LogP contribution in [-0.4, -0.2) is 25.7 Å². The Morgan fingerprint density at radius 2 is 1.90 bits per heavy atom. The zero-order valence-electron chi connectivity index (χ0n) is 5.65. The van der Waals surface area contributed by atoms with Gasteiger partial charge in [0.15, 0.2) is 0 Å². The van der Waals surface area contributed by atoms with Crippen LogP contribution in [0.25, 0.3) is 0 Å². The van der Waals surface area contributed by atoms with E-state index < -0.39 is 10.0 Å². The van der Waals surface area contributed by atoms with E-state index in [9.17, 15) is 8.42 Å². The largest absolute Gasteiger partial charge is 0.483 e. The normalized spacial score (nSPS) is 9.40. The van der Waals surface area contributed by atoms with Crippen LogP contribution in [0, 0.1) is 0 Å². The predicted molar refractivity (Wildman–Crippen MR) is 37.0 cm³/mol. The third kappa shape index (κ3) is 26.3. The Bertz CT molecular complexity index is 162. The van der Waals surface area contributed by atoms with Crippen molar-refractivity contribution in [2.75, 3.05) is 5.75 Å². The average Bonchev–Trinajstić information content (AvgIpc) is 1.63. The Balaban J connectivity index is 0. The van der Waals surface area contributed by atoms with Crippen LogP contribution in [0.1, 0.15) is 13.3 Å². The summed E-state index contributed by atoms with van der Waals surface area (Å²) >= 11 is 0. The minimum Gasteiger partial charge on any atom is -0.483 e. The van der Waals surface area contributed by atoms with Gasteiger partial charge in [0.25, 0.3) is 6.47 Å². The Morgan fingerprint density at radius 1 is 1.60 bits per heavy atom. The molecule has 0 rings (SSSR count). The van der Waals surface area contributed by atoms with Crippen LogP contribution in [0.3, 0.4) is 0 Å².